The smallest absolute Gasteiger partial charge is 0.179 e. The summed E-state index contributed by atoms with van der Waals surface area (Å²) in [5.41, 5.74) is 7.62. The number of nitrogens with two attached hydrogens (primary N) is 1. The number of hydrogen-bond acceptors (Lipinski definition) is 8. The molecule has 1 atom stereocenters. The second-order valence-corrected chi connectivity index (χ2v) is 8.98. The summed E-state index contributed by atoms with van der Waals surface area (Å²) >= 11 is 7.88. The van der Waals surface area contributed by atoms with Gasteiger partial charge in [0.25, 0.3) is 0 Å². The van der Waals surface area contributed by atoms with E-state index in [0.717, 1.165) is 53.6 Å². The minimum Gasteiger partial charge on any atom is -0.372 e. The lowest BCUT2D eigenvalue weighted by Crippen LogP contribution is -2.37. The maximum Gasteiger partial charge on any atom is 0.179 e. The predicted molar refractivity (Wildman–Crippen MR) is 119 cm³/mol. The zero-order chi connectivity index (χ0) is 20.4. The molecule has 9 heteroatoms. The fourth-order valence-corrected chi connectivity index (χ4v) is 4.54. The number of hydrogen-bond donors (Lipinski definition) is 2. The molecule has 0 spiro atoms. The summed E-state index contributed by atoms with van der Waals surface area (Å²) in [4.78, 5) is 21.4. The third kappa shape index (κ3) is 4.55. The molecule has 152 valence electrons. The molecule has 29 heavy (non-hydrogen) atoms. The summed E-state index contributed by atoms with van der Waals surface area (Å²) in [6.45, 7) is 3.96. The van der Waals surface area contributed by atoms with Crippen molar-refractivity contribution in [2.75, 3.05) is 30.4 Å². The average molecular weight is 430 g/mol. The molecule has 4 heterocycles. The lowest BCUT2D eigenvalue weighted by molar-refractivity contribution is 0.421. The van der Waals surface area contributed by atoms with Gasteiger partial charge in [0.05, 0.1) is 11.2 Å². The molecule has 3 N–H and O–H groups in total. The fraction of sp³-hybridized carbons (Fsp3) is 0.400. The van der Waals surface area contributed by atoms with Crippen molar-refractivity contribution in [3.05, 3.63) is 35.6 Å². The molecule has 7 nitrogen and oxygen atoms in total. The Hall–Kier alpha value is -2.16. The molecule has 0 aromatic carbocycles. The van der Waals surface area contributed by atoms with Crippen LogP contribution in [0.5, 0.6) is 0 Å². The second-order valence-electron chi connectivity index (χ2n) is 7.54. The second kappa shape index (κ2) is 8.30. The summed E-state index contributed by atoms with van der Waals surface area (Å²) in [5, 5.41) is 4.37. The van der Waals surface area contributed by atoms with Crippen LogP contribution in [0, 0.1) is 0 Å². The van der Waals surface area contributed by atoms with E-state index in [1.165, 1.54) is 11.8 Å². The normalized spacial score (nSPS) is 19.9. The van der Waals surface area contributed by atoms with Gasteiger partial charge in [-0.25, -0.2) is 19.9 Å². The number of aromatic nitrogens is 4. The van der Waals surface area contributed by atoms with E-state index in [1.807, 2.05) is 24.4 Å². The number of nitrogens with zero attached hydrogens (tertiary/aromatic N) is 5. The van der Waals surface area contributed by atoms with E-state index in [0.29, 0.717) is 16.5 Å². The van der Waals surface area contributed by atoms with Crippen molar-refractivity contribution in [2.45, 2.75) is 41.6 Å². The lowest BCUT2D eigenvalue weighted by atomic mass is 9.95. The molecule has 3 aromatic rings. The molecule has 1 aliphatic heterocycles. The van der Waals surface area contributed by atoms with Gasteiger partial charge in [-0.15, -0.1) is 0 Å². The zero-order valence-corrected chi connectivity index (χ0v) is 18.1. The largest absolute Gasteiger partial charge is 0.372 e. The third-order valence-corrected chi connectivity index (χ3v) is 6.62. The van der Waals surface area contributed by atoms with Gasteiger partial charge < -0.3 is 16.0 Å². The Labute approximate surface area is 179 Å². The van der Waals surface area contributed by atoms with Crippen molar-refractivity contribution in [1.29, 1.82) is 0 Å². The predicted octanol–water partition coefficient (Wildman–Crippen LogP) is 3.97. The fourth-order valence-electron chi connectivity index (χ4n) is 3.41. The first kappa shape index (κ1) is 20.1. The number of halogens is 1. The maximum absolute atomic E-state index is 6.40. The van der Waals surface area contributed by atoms with Gasteiger partial charge >= 0.3 is 0 Å². The van der Waals surface area contributed by atoms with Crippen molar-refractivity contribution < 1.29 is 0 Å². The van der Waals surface area contributed by atoms with Crippen LogP contribution in [0.25, 0.3) is 11.2 Å². The molecule has 1 aliphatic rings. The van der Waals surface area contributed by atoms with E-state index in [4.69, 9.17) is 22.3 Å². The van der Waals surface area contributed by atoms with Crippen LogP contribution in [0.15, 0.2) is 40.5 Å². The molecule has 0 unspecified atom stereocenters. The van der Waals surface area contributed by atoms with Gasteiger partial charge in [-0.3, -0.25) is 0 Å². The molecule has 1 fully saturated rings. The summed E-state index contributed by atoms with van der Waals surface area (Å²) < 4.78 is 0. The van der Waals surface area contributed by atoms with Gasteiger partial charge in [-0.05, 0) is 44.4 Å². The number of fused-ring (bicyclic) bond motifs is 1. The Bertz CT molecular complexity index is 1030. The van der Waals surface area contributed by atoms with Gasteiger partial charge in [0.1, 0.15) is 22.2 Å². The maximum atomic E-state index is 6.40. The Kier molecular flexibility index (Phi) is 5.76. The van der Waals surface area contributed by atoms with Gasteiger partial charge in [0, 0.05) is 36.8 Å². The third-order valence-electron chi connectivity index (χ3n) is 5.12. The molecule has 3 aromatic heterocycles. The van der Waals surface area contributed by atoms with Gasteiger partial charge in [0.15, 0.2) is 5.65 Å². The Balaban J connectivity index is 1.56. The topological polar surface area (TPSA) is 92.9 Å². The summed E-state index contributed by atoms with van der Waals surface area (Å²) in [6, 6.07) is 5.78. The minimum atomic E-state index is -0.103. The van der Waals surface area contributed by atoms with Gasteiger partial charge in [-0.2, -0.15) is 0 Å². The van der Waals surface area contributed by atoms with E-state index >= 15 is 0 Å². The first-order valence-corrected chi connectivity index (χ1v) is 10.8. The first-order valence-electron chi connectivity index (χ1n) is 9.63. The van der Waals surface area contributed by atoms with E-state index in [-0.39, 0.29) is 5.54 Å². The van der Waals surface area contributed by atoms with Crippen molar-refractivity contribution in [2.24, 2.45) is 5.73 Å². The Morgan fingerprint density at radius 3 is 2.86 bits per heavy atom. The lowest BCUT2D eigenvalue weighted by Gasteiger charge is -2.24. The number of anilines is 2. The van der Waals surface area contributed by atoms with Crippen LogP contribution >= 0.6 is 23.4 Å². The Morgan fingerprint density at radius 2 is 2.03 bits per heavy atom. The Morgan fingerprint density at radius 1 is 1.17 bits per heavy atom. The van der Waals surface area contributed by atoms with Gasteiger partial charge in [0.2, 0.25) is 0 Å². The summed E-state index contributed by atoms with van der Waals surface area (Å²) in [7, 11) is 1.79. The van der Waals surface area contributed by atoms with Crippen LogP contribution in [0.3, 0.4) is 0 Å². The molecule has 1 saturated heterocycles. The molecular formula is C20H24ClN7S. The average Bonchev–Trinajstić information content (AvgIpc) is 2.89. The van der Waals surface area contributed by atoms with Crippen molar-refractivity contribution in [3.63, 3.8) is 0 Å². The standard InChI is InChI=1S/C20H24ClN7S/c1-20(22)7-3-10-28(11-8-20)15-12-25-18-13(26-15)4-5-16(27-18)29-14-6-9-24-19(23-2)17(14)21/h4-6,9,12H,3,7-8,10-11,22H2,1-2H3,(H,23,24)/t20-/m1/s1. The SMILES string of the molecule is CNc1nccc(Sc2ccc3nc(N4CCC[C@@](C)(N)CC4)cnc3n2)c1Cl. The quantitative estimate of drug-likeness (QED) is 0.643. The molecule has 4 rings (SSSR count). The van der Waals surface area contributed by atoms with Crippen LogP contribution in [0.2, 0.25) is 5.02 Å². The van der Waals surface area contributed by atoms with E-state index in [1.54, 1.807) is 13.2 Å². The van der Waals surface area contributed by atoms with Crippen molar-refractivity contribution in [1.82, 2.24) is 19.9 Å². The van der Waals surface area contributed by atoms with E-state index in [9.17, 15) is 0 Å². The van der Waals surface area contributed by atoms with Crippen LogP contribution in [-0.2, 0) is 0 Å². The number of nitrogens with one attached hydrogen (secondary N) is 1. The summed E-state index contributed by atoms with van der Waals surface area (Å²) in [6.07, 6.45) is 6.56. The molecular weight excluding hydrogens is 406 g/mol. The monoisotopic (exact) mass is 429 g/mol. The highest BCUT2D eigenvalue weighted by atomic mass is 35.5. The number of rotatable bonds is 4. The molecule has 0 amide bonds. The highest BCUT2D eigenvalue weighted by Gasteiger charge is 2.24. The molecule has 0 radical (unpaired) electrons. The van der Waals surface area contributed by atoms with Crippen LogP contribution in [-0.4, -0.2) is 45.6 Å². The zero-order valence-electron chi connectivity index (χ0n) is 16.5. The van der Waals surface area contributed by atoms with E-state index in [2.05, 4.69) is 32.1 Å². The highest BCUT2D eigenvalue weighted by Crippen LogP contribution is 2.35. The van der Waals surface area contributed by atoms with Crippen LogP contribution in [0.4, 0.5) is 11.6 Å². The van der Waals surface area contributed by atoms with Crippen LogP contribution in [0.1, 0.15) is 26.2 Å². The summed E-state index contributed by atoms with van der Waals surface area (Å²) in [5.74, 6) is 1.53. The van der Waals surface area contributed by atoms with Crippen molar-refractivity contribution >= 4 is 46.2 Å². The van der Waals surface area contributed by atoms with Gasteiger partial charge in [-0.1, -0.05) is 23.4 Å². The molecule has 0 bridgehead atoms. The number of pyridine rings is 2. The first-order chi connectivity index (χ1) is 13.9. The van der Waals surface area contributed by atoms with Crippen molar-refractivity contribution in [3.8, 4) is 0 Å². The highest BCUT2D eigenvalue weighted by molar-refractivity contribution is 7.99. The molecule has 0 aliphatic carbocycles. The molecule has 0 saturated carbocycles. The minimum absolute atomic E-state index is 0.103. The van der Waals surface area contributed by atoms with Crippen LogP contribution < -0.4 is 16.0 Å². The van der Waals surface area contributed by atoms with E-state index < -0.39 is 0 Å².